The SMILES string of the molecule is O=C=C1C(C(=O)[O-])=CC=CC1c1ncc[nH]1.[Na+]. The maximum absolute atomic E-state index is 10.8. The Balaban J connectivity index is 0.00000144. The van der Waals surface area contributed by atoms with Crippen molar-refractivity contribution in [2.45, 2.75) is 5.92 Å². The molecule has 0 saturated heterocycles. The van der Waals surface area contributed by atoms with Crippen LogP contribution in [0, 0.1) is 0 Å². The van der Waals surface area contributed by atoms with Crippen molar-refractivity contribution >= 4 is 11.9 Å². The maximum Gasteiger partial charge on any atom is 1.00 e. The summed E-state index contributed by atoms with van der Waals surface area (Å²) >= 11 is 0. The molecule has 0 radical (unpaired) electrons. The van der Waals surface area contributed by atoms with Crippen LogP contribution in [0.15, 0.2) is 41.8 Å². The van der Waals surface area contributed by atoms with Crippen LogP contribution in [0.5, 0.6) is 0 Å². The summed E-state index contributed by atoms with van der Waals surface area (Å²) in [6.07, 6.45) is 7.67. The van der Waals surface area contributed by atoms with Gasteiger partial charge in [0.05, 0.1) is 17.5 Å². The first-order chi connectivity index (χ1) is 7.74. The molecule has 1 heterocycles. The number of carboxylic acids is 1. The summed E-state index contributed by atoms with van der Waals surface area (Å²) in [6, 6.07) is 0. The Hall–Kier alpha value is -1.39. The third-order valence-corrected chi connectivity index (χ3v) is 2.31. The molecule has 0 bridgehead atoms. The zero-order chi connectivity index (χ0) is 11.5. The standard InChI is InChI=1S/C11H8N2O3.Na/c14-6-9-7(10-12-4-5-13-10)2-1-3-8(9)11(15)16;/h1-5,7H,(H,12,13)(H,15,16);/q;+1/p-1. The zero-order valence-electron chi connectivity index (χ0n) is 9.14. The van der Waals surface area contributed by atoms with Crippen LogP contribution in [-0.2, 0) is 9.59 Å². The Kier molecular flexibility index (Phi) is 4.66. The fourth-order valence-corrected chi connectivity index (χ4v) is 1.59. The molecule has 1 N–H and O–H groups in total. The first-order valence-electron chi connectivity index (χ1n) is 4.58. The van der Waals surface area contributed by atoms with Crippen molar-refractivity contribution in [1.82, 2.24) is 9.97 Å². The molecule has 1 atom stereocenters. The fraction of sp³-hybridized carbons (Fsp3) is 0.0909. The summed E-state index contributed by atoms with van der Waals surface area (Å²) in [5.74, 6) is 0.243. The van der Waals surface area contributed by atoms with Gasteiger partial charge in [-0.05, 0) is 0 Å². The Morgan fingerprint density at radius 1 is 1.53 bits per heavy atom. The van der Waals surface area contributed by atoms with Crippen LogP contribution in [0.25, 0.3) is 0 Å². The second-order valence-corrected chi connectivity index (χ2v) is 3.22. The number of aliphatic carboxylic acids is 1. The van der Waals surface area contributed by atoms with Gasteiger partial charge in [-0.25, -0.2) is 9.78 Å². The average molecular weight is 238 g/mol. The molecule has 1 aromatic rings. The van der Waals surface area contributed by atoms with Crippen molar-refractivity contribution in [3.05, 3.63) is 47.6 Å². The molecule has 0 fully saturated rings. The topological polar surface area (TPSA) is 85.9 Å². The Bertz CT molecular complexity index is 525. The minimum Gasteiger partial charge on any atom is -0.545 e. The summed E-state index contributed by atoms with van der Waals surface area (Å²) in [4.78, 5) is 28.4. The van der Waals surface area contributed by atoms with Gasteiger partial charge in [0.15, 0.2) is 0 Å². The first kappa shape index (κ1) is 13.7. The van der Waals surface area contributed by atoms with Crippen molar-refractivity contribution in [2.24, 2.45) is 0 Å². The van der Waals surface area contributed by atoms with Gasteiger partial charge in [0.25, 0.3) is 0 Å². The van der Waals surface area contributed by atoms with Crippen molar-refractivity contribution in [3.8, 4) is 0 Å². The van der Waals surface area contributed by atoms with Gasteiger partial charge in [0.1, 0.15) is 11.8 Å². The van der Waals surface area contributed by atoms with Crippen molar-refractivity contribution in [3.63, 3.8) is 0 Å². The summed E-state index contributed by atoms with van der Waals surface area (Å²) < 4.78 is 0. The van der Waals surface area contributed by atoms with E-state index in [4.69, 9.17) is 0 Å². The van der Waals surface area contributed by atoms with Gasteiger partial charge in [-0.2, -0.15) is 0 Å². The van der Waals surface area contributed by atoms with E-state index in [9.17, 15) is 14.7 Å². The van der Waals surface area contributed by atoms with Gasteiger partial charge in [0, 0.05) is 18.0 Å². The van der Waals surface area contributed by atoms with E-state index < -0.39 is 11.9 Å². The number of H-pyrrole nitrogens is 1. The predicted molar refractivity (Wildman–Crippen MR) is 52.8 cm³/mol. The number of carbonyl (C=O) groups excluding carboxylic acids is 2. The number of imidazole rings is 1. The summed E-state index contributed by atoms with van der Waals surface area (Å²) in [6.45, 7) is 0. The number of allylic oxidation sites excluding steroid dienone is 3. The Labute approximate surface area is 119 Å². The number of nitrogens with one attached hydrogen (secondary N) is 1. The van der Waals surface area contributed by atoms with Gasteiger partial charge in [-0.15, -0.1) is 0 Å². The number of nitrogens with zero attached hydrogens (tertiary/aromatic N) is 1. The van der Waals surface area contributed by atoms with Crippen LogP contribution in [0.3, 0.4) is 0 Å². The molecule has 1 aromatic heterocycles. The van der Waals surface area contributed by atoms with E-state index in [1.165, 1.54) is 12.3 Å². The summed E-state index contributed by atoms with van der Waals surface area (Å²) in [5.41, 5.74) is -0.128. The molecular weight excluding hydrogens is 231 g/mol. The molecule has 1 aliphatic rings. The third-order valence-electron chi connectivity index (χ3n) is 2.31. The van der Waals surface area contributed by atoms with Gasteiger partial charge in [-0.3, -0.25) is 0 Å². The minimum absolute atomic E-state index is 0. The average Bonchev–Trinajstić information content (AvgIpc) is 2.81. The molecule has 0 aliphatic heterocycles. The van der Waals surface area contributed by atoms with E-state index in [1.54, 1.807) is 24.3 Å². The van der Waals surface area contributed by atoms with Gasteiger partial charge in [0.2, 0.25) is 0 Å². The Morgan fingerprint density at radius 2 is 2.29 bits per heavy atom. The molecular formula is C11H7N2NaO3. The molecule has 0 saturated carbocycles. The van der Waals surface area contributed by atoms with E-state index in [0.29, 0.717) is 5.82 Å². The van der Waals surface area contributed by atoms with Crippen LogP contribution in [0.4, 0.5) is 0 Å². The number of hydrogen-bond acceptors (Lipinski definition) is 4. The monoisotopic (exact) mass is 238 g/mol. The molecule has 6 heteroatoms. The van der Waals surface area contributed by atoms with Crippen LogP contribution in [0.1, 0.15) is 11.7 Å². The van der Waals surface area contributed by atoms with E-state index in [0.717, 1.165) is 0 Å². The fourth-order valence-electron chi connectivity index (χ4n) is 1.59. The molecule has 0 spiro atoms. The van der Waals surface area contributed by atoms with E-state index in [2.05, 4.69) is 9.97 Å². The van der Waals surface area contributed by atoms with Crippen molar-refractivity contribution in [1.29, 1.82) is 0 Å². The van der Waals surface area contributed by atoms with Crippen LogP contribution in [0.2, 0.25) is 0 Å². The molecule has 2 rings (SSSR count). The molecule has 0 amide bonds. The Morgan fingerprint density at radius 3 is 2.82 bits per heavy atom. The minimum atomic E-state index is -1.39. The smallest absolute Gasteiger partial charge is 0.545 e. The largest absolute Gasteiger partial charge is 1.00 e. The molecule has 17 heavy (non-hydrogen) atoms. The van der Waals surface area contributed by atoms with Crippen molar-refractivity contribution < 1.29 is 44.3 Å². The second-order valence-electron chi connectivity index (χ2n) is 3.22. The van der Waals surface area contributed by atoms with Gasteiger partial charge < -0.3 is 14.9 Å². The normalized spacial score (nSPS) is 18.0. The second kappa shape index (κ2) is 5.80. The van der Waals surface area contributed by atoms with Crippen LogP contribution in [-0.4, -0.2) is 21.9 Å². The van der Waals surface area contributed by atoms with Crippen molar-refractivity contribution in [2.75, 3.05) is 0 Å². The number of rotatable bonds is 2. The van der Waals surface area contributed by atoms with Crippen LogP contribution < -0.4 is 34.7 Å². The maximum atomic E-state index is 10.8. The number of aromatic nitrogens is 2. The summed E-state index contributed by atoms with van der Waals surface area (Å²) in [7, 11) is 0. The van der Waals surface area contributed by atoms with E-state index >= 15 is 0 Å². The predicted octanol–water partition coefficient (Wildman–Crippen LogP) is -3.50. The van der Waals surface area contributed by atoms with Crippen LogP contribution >= 0.6 is 0 Å². The first-order valence-corrected chi connectivity index (χ1v) is 4.58. The molecule has 0 aromatic carbocycles. The molecule has 1 unspecified atom stereocenters. The quantitative estimate of drug-likeness (QED) is 0.428. The van der Waals surface area contributed by atoms with Gasteiger partial charge >= 0.3 is 29.6 Å². The molecule has 5 nitrogen and oxygen atoms in total. The number of carbonyl (C=O) groups is 1. The van der Waals surface area contributed by atoms with E-state index in [-0.39, 0.29) is 40.7 Å². The number of carboxylic acid groups (broad SMARTS) is 1. The molecule has 1 aliphatic carbocycles. The molecule has 80 valence electrons. The zero-order valence-corrected chi connectivity index (χ0v) is 11.1. The van der Waals surface area contributed by atoms with Gasteiger partial charge in [-0.1, -0.05) is 18.2 Å². The summed E-state index contributed by atoms with van der Waals surface area (Å²) in [5, 5.41) is 10.8. The number of aromatic amines is 1. The van der Waals surface area contributed by atoms with E-state index in [1.807, 2.05) is 0 Å². The third kappa shape index (κ3) is 2.65. The number of hydrogen-bond donors (Lipinski definition) is 1.